The molecule has 1 atom stereocenters. The summed E-state index contributed by atoms with van der Waals surface area (Å²) in [5.74, 6) is -1.22. The summed E-state index contributed by atoms with van der Waals surface area (Å²) in [6.07, 6.45) is 1.80. The van der Waals surface area contributed by atoms with E-state index < -0.39 is 5.97 Å². The molecule has 0 saturated heterocycles. The second kappa shape index (κ2) is 5.74. The first-order chi connectivity index (χ1) is 10.7. The quantitative estimate of drug-likeness (QED) is 0.770. The van der Waals surface area contributed by atoms with Gasteiger partial charge in [-0.25, -0.2) is 0 Å². The Morgan fingerprint density at radius 1 is 1.23 bits per heavy atom. The van der Waals surface area contributed by atoms with Gasteiger partial charge in [0, 0.05) is 17.6 Å². The molecule has 3 rings (SSSR count). The summed E-state index contributed by atoms with van der Waals surface area (Å²) >= 11 is 0. The summed E-state index contributed by atoms with van der Waals surface area (Å²) < 4.78 is 0. The van der Waals surface area contributed by atoms with Crippen molar-refractivity contribution in [2.24, 2.45) is 0 Å². The van der Waals surface area contributed by atoms with Crippen LogP contribution in [-0.4, -0.2) is 16.1 Å². The SMILES string of the molecule is N#Cc1ccccc1C(CC(=O)O)c1ccc2[nH]ccc2c1. The molecule has 0 aliphatic heterocycles. The fraction of sp³-hybridized carbons (Fsp3) is 0.111. The summed E-state index contributed by atoms with van der Waals surface area (Å²) in [4.78, 5) is 14.4. The molecular formula is C18H14N2O2. The number of carbonyl (C=O) groups is 1. The normalized spacial score (nSPS) is 12.0. The number of hydrogen-bond acceptors (Lipinski definition) is 2. The Morgan fingerprint density at radius 2 is 2.05 bits per heavy atom. The lowest BCUT2D eigenvalue weighted by Crippen LogP contribution is -2.09. The van der Waals surface area contributed by atoms with Crippen molar-refractivity contribution in [3.8, 4) is 6.07 Å². The third-order valence-corrected chi connectivity index (χ3v) is 3.82. The van der Waals surface area contributed by atoms with Gasteiger partial charge in [-0.3, -0.25) is 4.79 Å². The van der Waals surface area contributed by atoms with E-state index in [1.807, 2.05) is 42.6 Å². The molecule has 0 bridgehead atoms. The molecule has 3 aromatic rings. The van der Waals surface area contributed by atoms with Crippen molar-refractivity contribution in [3.63, 3.8) is 0 Å². The van der Waals surface area contributed by atoms with Gasteiger partial charge < -0.3 is 10.1 Å². The first kappa shape index (κ1) is 13.9. The minimum Gasteiger partial charge on any atom is -0.481 e. The zero-order valence-corrected chi connectivity index (χ0v) is 11.8. The number of aromatic nitrogens is 1. The summed E-state index contributed by atoms with van der Waals surface area (Å²) in [7, 11) is 0. The first-order valence-corrected chi connectivity index (χ1v) is 6.97. The van der Waals surface area contributed by atoms with Crippen molar-refractivity contribution in [2.75, 3.05) is 0 Å². The van der Waals surface area contributed by atoms with E-state index >= 15 is 0 Å². The van der Waals surface area contributed by atoms with Gasteiger partial charge in [-0.2, -0.15) is 5.26 Å². The van der Waals surface area contributed by atoms with Crippen LogP contribution in [0.1, 0.15) is 29.0 Å². The number of benzene rings is 2. The molecule has 1 heterocycles. The van der Waals surface area contributed by atoms with Gasteiger partial charge in [0.15, 0.2) is 0 Å². The largest absolute Gasteiger partial charge is 0.481 e. The van der Waals surface area contributed by atoms with E-state index in [0.29, 0.717) is 5.56 Å². The number of H-pyrrole nitrogens is 1. The van der Waals surface area contributed by atoms with Crippen LogP contribution in [-0.2, 0) is 4.79 Å². The molecule has 0 aliphatic rings. The maximum absolute atomic E-state index is 11.3. The van der Waals surface area contributed by atoms with Gasteiger partial charge in [0.1, 0.15) is 0 Å². The maximum Gasteiger partial charge on any atom is 0.304 e. The smallest absolute Gasteiger partial charge is 0.304 e. The van der Waals surface area contributed by atoms with Crippen molar-refractivity contribution in [2.45, 2.75) is 12.3 Å². The van der Waals surface area contributed by atoms with Crippen molar-refractivity contribution < 1.29 is 9.90 Å². The van der Waals surface area contributed by atoms with Gasteiger partial charge in [-0.05, 0) is 40.8 Å². The number of aromatic amines is 1. The molecule has 22 heavy (non-hydrogen) atoms. The highest BCUT2D eigenvalue weighted by Gasteiger charge is 2.21. The van der Waals surface area contributed by atoms with Gasteiger partial charge in [-0.15, -0.1) is 0 Å². The Kier molecular flexibility index (Phi) is 3.63. The van der Waals surface area contributed by atoms with Crippen LogP contribution in [0.3, 0.4) is 0 Å². The molecule has 0 spiro atoms. The van der Waals surface area contributed by atoms with E-state index in [4.69, 9.17) is 0 Å². The van der Waals surface area contributed by atoms with Gasteiger partial charge in [0.05, 0.1) is 18.1 Å². The number of aliphatic carboxylic acids is 1. The number of carboxylic acid groups (broad SMARTS) is 1. The predicted molar refractivity (Wildman–Crippen MR) is 83.6 cm³/mol. The number of rotatable bonds is 4. The van der Waals surface area contributed by atoms with Crippen LogP contribution in [0.15, 0.2) is 54.7 Å². The van der Waals surface area contributed by atoms with Crippen molar-refractivity contribution in [3.05, 3.63) is 71.4 Å². The third kappa shape index (κ3) is 2.57. The van der Waals surface area contributed by atoms with Gasteiger partial charge in [0.25, 0.3) is 0 Å². The molecule has 0 saturated carbocycles. The lowest BCUT2D eigenvalue weighted by molar-refractivity contribution is -0.137. The summed E-state index contributed by atoms with van der Waals surface area (Å²) in [5.41, 5.74) is 3.17. The highest BCUT2D eigenvalue weighted by molar-refractivity contribution is 5.80. The average Bonchev–Trinajstić information content (AvgIpc) is 3.00. The van der Waals surface area contributed by atoms with Crippen molar-refractivity contribution >= 4 is 16.9 Å². The zero-order valence-electron chi connectivity index (χ0n) is 11.8. The van der Waals surface area contributed by atoms with E-state index in [9.17, 15) is 15.2 Å². The molecule has 4 heteroatoms. The Bertz CT molecular complexity index is 874. The zero-order chi connectivity index (χ0) is 15.5. The lowest BCUT2D eigenvalue weighted by Gasteiger charge is -2.17. The summed E-state index contributed by atoms with van der Waals surface area (Å²) in [6.45, 7) is 0. The van der Waals surface area contributed by atoms with Crippen molar-refractivity contribution in [1.29, 1.82) is 5.26 Å². The summed E-state index contributed by atoms with van der Waals surface area (Å²) in [6, 6.07) is 17.1. The average molecular weight is 290 g/mol. The van der Waals surface area contributed by atoms with Gasteiger partial charge >= 0.3 is 5.97 Å². The third-order valence-electron chi connectivity index (χ3n) is 3.82. The highest BCUT2D eigenvalue weighted by atomic mass is 16.4. The molecule has 2 N–H and O–H groups in total. The molecule has 0 fully saturated rings. The van der Waals surface area contributed by atoms with Crippen LogP contribution in [0.2, 0.25) is 0 Å². The molecule has 0 radical (unpaired) electrons. The number of nitriles is 1. The van der Waals surface area contributed by atoms with E-state index in [-0.39, 0.29) is 12.3 Å². The van der Waals surface area contributed by atoms with E-state index in [2.05, 4.69) is 11.1 Å². The number of nitrogens with one attached hydrogen (secondary N) is 1. The minimum absolute atomic E-state index is 0.0470. The Labute approximate surface area is 127 Å². The Morgan fingerprint density at radius 3 is 2.82 bits per heavy atom. The topological polar surface area (TPSA) is 76.9 Å². The fourth-order valence-corrected chi connectivity index (χ4v) is 2.77. The first-order valence-electron chi connectivity index (χ1n) is 6.97. The maximum atomic E-state index is 11.3. The second-order valence-corrected chi connectivity index (χ2v) is 5.17. The molecule has 108 valence electrons. The molecule has 4 nitrogen and oxygen atoms in total. The Balaban J connectivity index is 2.13. The molecule has 1 aromatic heterocycles. The standard InChI is InChI=1S/C18H14N2O2/c19-11-14-3-1-2-4-15(14)16(10-18(21)22)12-5-6-17-13(9-12)7-8-20-17/h1-9,16,20H,10H2,(H,21,22). The fourth-order valence-electron chi connectivity index (χ4n) is 2.77. The number of hydrogen-bond donors (Lipinski definition) is 2. The number of fused-ring (bicyclic) bond motifs is 1. The molecule has 0 aliphatic carbocycles. The second-order valence-electron chi connectivity index (χ2n) is 5.17. The van der Waals surface area contributed by atoms with Gasteiger partial charge in [-0.1, -0.05) is 24.3 Å². The highest BCUT2D eigenvalue weighted by Crippen LogP contribution is 2.32. The van der Waals surface area contributed by atoms with Crippen LogP contribution >= 0.6 is 0 Å². The Hall–Kier alpha value is -3.06. The number of carboxylic acids is 1. The van der Waals surface area contributed by atoms with E-state index in [1.165, 1.54) is 0 Å². The summed E-state index contributed by atoms with van der Waals surface area (Å²) in [5, 5.41) is 19.6. The number of nitrogens with zero attached hydrogens (tertiary/aromatic N) is 1. The minimum atomic E-state index is -0.882. The molecular weight excluding hydrogens is 276 g/mol. The van der Waals surface area contributed by atoms with Crippen molar-refractivity contribution in [1.82, 2.24) is 4.98 Å². The predicted octanol–water partition coefficient (Wildman–Crippen LogP) is 3.65. The lowest BCUT2D eigenvalue weighted by atomic mass is 9.85. The van der Waals surface area contributed by atoms with Crippen LogP contribution in [0.4, 0.5) is 0 Å². The van der Waals surface area contributed by atoms with E-state index in [1.54, 1.807) is 12.1 Å². The van der Waals surface area contributed by atoms with Gasteiger partial charge in [0.2, 0.25) is 0 Å². The van der Waals surface area contributed by atoms with Crippen LogP contribution < -0.4 is 0 Å². The molecule has 1 unspecified atom stereocenters. The molecule has 2 aromatic carbocycles. The van der Waals surface area contributed by atoms with Crippen LogP contribution in [0.25, 0.3) is 10.9 Å². The van der Waals surface area contributed by atoms with E-state index in [0.717, 1.165) is 22.0 Å². The van der Waals surface area contributed by atoms with Crippen LogP contribution in [0, 0.1) is 11.3 Å². The molecule has 0 amide bonds. The van der Waals surface area contributed by atoms with Crippen LogP contribution in [0.5, 0.6) is 0 Å². The monoisotopic (exact) mass is 290 g/mol.